The maximum Gasteiger partial charge on any atom is 0.280 e. The Bertz CT molecular complexity index is 1220. The Hall–Kier alpha value is -4.00. The standard InChI is InChI=1S/C24H23N5O2/c1-28-24(31)21(23(30)26-13-8-15-29-16-14-25-17-29)20(18-9-4-2-5-10-18)22(27-28)19-11-6-3-7-12-19/h2-7,9-12,14,16-17H,8,13,15H2,1H3,(H,26,30). The lowest BCUT2D eigenvalue weighted by Gasteiger charge is -2.16. The number of nitrogens with one attached hydrogen (secondary N) is 1. The van der Waals surface area contributed by atoms with E-state index in [0.717, 1.165) is 24.1 Å². The molecule has 0 saturated carbocycles. The summed E-state index contributed by atoms with van der Waals surface area (Å²) in [5.74, 6) is -0.398. The summed E-state index contributed by atoms with van der Waals surface area (Å²) in [6.45, 7) is 1.17. The van der Waals surface area contributed by atoms with Gasteiger partial charge < -0.3 is 9.88 Å². The van der Waals surface area contributed by atoms with Crippen LogP contribution >= 0.6 is 0 Å². The minimum atomic E-state index is -0.425. The molecule has 2 heterocycles. The molecular formula is C24H23N5O2. The van der Waals surface area contributed by atoms with Crippen LogP contribution in [0.25, 0.3) is 22.4 Å². The van der Waals surface area contributed by atoms with Crippen LogP contribution in [0.5, 0.6) is 0 Å². The van der Waals surface area contributed by atoms with Gasteiger partial charge in [0.05, 0.1) is 12.0 Å². The van der Waals surface area contributed by atoms with Crippen molar-refractivity contribution >= 4 is 5.91 Å². The summed E-state index contributed by atoms with van der Waals surface area (Å²) < 4.78 is 3.18. The Kier molecular flexibility index (Phi) is 6.03. The zero-order valence-corrected chi connectivity index (χ0v) is 17.2. The Morgan fingerprint density at radius 2 is 1.68 bits per heavy atom. The van der Waals surface area contributed by atoms with Crippen LogP contribution in [0.1, 0.15) is 16.8 Å². The van der Waals surface area contributed by atoms with E-state index in [1.54, 1.807) is 19.6 Å². The molecule has 0 aliphatic carbocycles. The second-order valence-electron chi connectivity index (χ2n) is 7.17. The topological polar surface area (TPSA) is 81.8 Å². The molecule has 4 rings (SSSR count). The summed E-state index contributed by atoms with van der Waals surface area (Å²) in [6, 6.07) is 19.0. The normalized spacial score (nSPS) is 10.7. The highest BCUT2D eigenvalue weighted by molar-refractivity contribution is 6.03. The Morgan fingerprint density at radius 3 is 2.32 bits per heavy atom. The van der Waals surface area contributed by atoms with E-state index < -0.39 is 11.5 Å². The predicted molar refractivity (Wildman–Crippen MR) is 120 cm³/mol. The smallest absolute Gasteiger partial charge is 0.280 e. The molecule has 31 heavy (non-hydrogen) atoms. The Labute approximate surface area is 180 Å². The van der Waals surface area contributed by atoms with Crippen LogP contribution in [0, 0.1) is 0 Å². The number of hydrogen-bond acceptors (Lipinski definition) is 4. The molecule has 0 saturated heterocycles. The molecule has 2 aromatic heterocycles. The van der Waals surface area contributed by atoms with Crippen molar-refractivity contribution in [3.05, 3.63) is 95.3 Å². The van der Waals surface area contributed by atoms with Crippen LogP contribution in [0.15, 0.2) is 84.2 Å². The van der Waals surface area contributed by atoms with Gasteiger partial charge in [-0.1, -0.05) is 60.7 Å². The number of benzene rings is 2. The lowest BCUT2D eigenvalue weighted by molar-refractivity contribution is 0.0951. The quantitative estimate of drug-likeness (QED) is 0.472. The number of carbonyl (C=O) groups is 1. The first-order valence-electron chi connectivity index (χ1n) is 10.1. The van der Waals surface area contributed by atoms with Crippen molar-refractivity contribution in [2.24, 2.45) is 7.05 Å². The van der Waals surface area contributed by atoms with Crippen LogP contribution < -0.4 is 10.9 Å². The van der Waals surface area contributed by atoms with Crippen molar-refractivity contribution < 1.29 is 4.79 Å². The maximum absolute atomic E-state index is 13.2. The van der Waals surface area contributed by atoms with Gasteiger partial charge in [0.2, 0.25) is 0 Å². The highest BCUT2D eigenvalue weighted by atomic mass is 16.2. The summed E-state index contributed by atoms with van der Waals surface area (Å²) in [4.78, 5) is 30.2. The molecule has 4 aromatic rings. The van der Waals surface area contributed by atoms with Crippen LogP contribution in [-0.4, -0.2) is 31.8 Å². The van der Waals surface area contributed by atoms with Crippen molar-refractivity contribution in [1.82, 2.24) is 24.6 Å². The molecule has 0 atom stereocenters. The first kappa shape index (κ1) is 20.3. The number of aryl methyl sites for hydroxylation is 2. The molecule has 7 nitrogen and oxygen atoms in total. The van der Waals surface area contributed by atoms with Crippen molar-refractivity contribution in [3.8, 4) is 22.4 Å². The lowest BCUT2D eigenvalue weighted by Crippen LogP contribution is -2.35. The number of hydrogen-bond donors (Lipinski definition) is 1. The van der Waals surface area contributed by atoms with Crippen molar-refractivity contribution in [2.45, 2.75) is 13.0 Å². The molecule has 0 aliphatic rings. The van der Waals surface area contributed by atoms with Gasteiger partial charge in [-0.2, -0.15) is 5.10 Å². The number of carbonyl (C=O) groups excluding carboxylic acids is 1. The van der Waals surface area contributed by atoms with Crippen LogP contribution in [-0.2, 0) is 13.6 Å². The molecule has 0 radical (unpaired) electrons. The van der Waals surface area contributed by atoms with E-state index >= 15 is 0 Å². The van der Waals surface area contributed by atoms with Crippen molar-refractivity contribution in [1.29, 1.82) is 0 Å². The second kappa shape index (κ2) is 9.21. The molecule has 1 amide bonds. The highest BCUT2D eigenvalue weighted by Crippen LogP contribution is 2.31. The first-order valence-corrected chi connectivity index (χ1v) is 10.1. The number of imidazole rings is 1. The molecular weight excluding hydrogens is 390 g/mol. The van der Waals surface area contributed by atoms with Gasteiger partial charge in [0.25, 0.3) is 11.5 Å². The third kappa shape index (κ3) is 4.45. The van der Waals surface area contributed by atoms with Gasteiger partial charge in [0.15, 0.2) is 0 Å². The van der Waals surface area contributed by atoms with Gasteiger partial charge in [0, 0.05) is 43.7 Å². The molecule has 0 fully saturated rings. The van der Waals surface area contributed by atoms with E-state index in [4.69, 9.17) is 0 Å². The lowest BCUT2D eigenvalue weighted by atomic mass is 9.95. The predicted octanol–water partition coefficient (Wildman–Crippen LogP) is 3.13. The molecule has 7 heteroatoms. The third-order valence-corrected chi connectivity index (χ3v) is 5.02. The maximum atomic E-state index is 13.2. The zero-order chi connectivity index (χ0) is 21.6. The van der Waals surface area contributed by atoms with Gasteiger partial charge in [-0.25, -0.2) is 9.67 Å². The van der Waals surface area contributed by atoms with Crippen molar-refractivity contribution in [2.75, 3.05) is 6.54 Å². The summed E-state index contributed by atoms with van der Waals surface area (Å²) in [6.07, 6.45) is 6.05. The molecule has 2 aromatic carbocycles. The largest absolute Gasteiger partial charge is 0.352 e. The zero-order valence-electron chi connectivity index (χ0n) is 17.2. The van der Waals surface area contributed by atoms with Gasteiger partial charge in [0.1, 0.15) is 5.56 Å². The molecule has 0 unspecified atom stereocenters. The van der Waals surface area contributed by atoms with E-state index in [1.807, 2.05) is 71.4 Å². The number of nitrogens with zero attached hydrogens (tertiary/aromatic N) is 4. The van der Waals surface area contributed by atoms with E-state index in [1.165, 1.54) is 4.68 Å². The fourth-order valence-electron chi connectivity index (χ4n) is 3.50. The van der Waals surface area contributed by atoms with Gasteiger partial charge in [-0.15, -0.1) is 0 Å². The summed E-state index contributed by atoms with van der Waals surface area (Å²) in [5, 5.41) is 7.41. The fraction of sp³-hybridized carbons (Fsp3) is 0.167. The average Bonchev–Trinajstić information content (AvgIpc) is 3.33. The Balaban J connectivity index is 1.72. The van der Waals surface area contributed by atoms with Gasteiger partial charge in [-0.05, 0) is 12.0 Å². The van der Waals surface area contributed by atoms with Crippen LogP contribution in [0.4, 0.5) is 0 Å². The van der Waals surface area contributed by atoms with E-state index in [2.05, 4.69) is 15.4 Å². The Morgan fingerprint density at radius 1 is 1.00 bits per heavy atom. The third-order valence-electron chi connectivity index (χ3n) is 5.02. The van der Waals surface area contributed by atoms with Crippen LogP contribution in [0.2, 0.25) is 0 Å². The minimum Gasteiger partial charge on any atom is -0.352 e. The van der Waals surface area contributed by atoms with Gasteiger partial charge in [-0.3, -0.25) is 9.59 Å². The number of aromatic nitrogens is 4. The summed E-state index contributed by atoms with van der Waals surface area (Å²) >= 11 is 0. The number of amides is 1. The second-order valence-corrected chi connectivity index (χ2v) is 7.17. The summed E-state index contributed by atoms with van der Waals surface area (Å²) in [5.41, 5.74) is 2.43. The van der Waals surface area contributed by atoms with Crippen LogP contribution in [0.3, 0.4) is 0 Å². The molecule has 0 spiro atoms. The van der Waals surface area contributed by atoms with Gasteiger partial charge >= 0.3 is 0 Å². The molecule has 156 valence electrons. The molecule has 0 aliphatic heterocycles. The molecule has 1 N–H and O–H groups in total. The monoisotopic (exact) mass is 413 g/mol. The average molecular weight is 413 g/mol. The summed E-state index contributed by atoms with van der Waals surface area (Å²) in [7, 11) is 1.57. The highest BCUT2D eigenvalue weighted by Gasteiger charge is 2.24. The minimum absolute atomic E-state index is 0.102. The fourth-order valence-corrected chi connectivity index (χ4v) is 3.50. The van der Waals surface area contributed by atoms with E-state index in [-0.39, 0.29) is 5.56 Å². The van der Waals surface area contributed by atoms with E-state index in [0.29, 0.717) is 17.8 Å². The first-order chi connectivity index (χ1) is 15.1. The van der Waals surface area contributed by atoms with Crippen molar-refractivity contribution in [3.63, 3.8) is 0 Å². The van der Waals surface area contributed by atoms with E-state index in [9.17, 15) is 9.59 Å². The number of rotatable bonds is 7. The molecule has 0 bridgehead atoms. The SMILES string of the molecule is Cn1nc(-c2ccccc2)c(-c2ccccc2)c(C(=O)NCCCn2ccnc2)c1=O.